The van der Waals surface area contributed by atoms with E-state index < -0.39 is 33.7 Å². The number of allylic oxidation sites excluding steroid dienone is 1. The average Bonchev–Trinajstić information content (AvgIpc) is 2.80. The van der Waals surface area contributed by atoms with Gasteiger partial charge >= 0.3 is 5.97 Å². The number of nitrogens with one attached hydrogen (secondary N) is 1. The molecule has 1 N–H and O–H groups in total. The Hall–Kier alpha value is -1.86. The Morgan fingerprint density at radius 2 is 2.00 bits per heavy atom. The summed E-state index contributed by atoms with van der Waals surface area (Å²) in [7, 11) is -3.21. The van der Waals surface area contributed by atoms with Crippen LogP contribution in [0.2, 0.25) is 5.02 Å². The minimum absolute atomic E-state index is 0.0751. The lowest BCUT2D eigenvalue weighted by Crippen LogP contribution is -2.30. The molecule has 23 heavy (non-hydrogen) atoms. The van der Waals surface area contributed by atoms with E-state index in [1.165, 1.54) is 13.0 Å². The van der Waals surface area contributed by atoms with E-state index in [4.69, 9.17) is 16.3 Å². The number of amides is 1. The zero-order chi connectivity index (χ0) is 17.0. The Morgan fingerprint density at radius 3 is 2.57 bits per heavy atom. The van der Waals surface area contributed by atoms with Crippen molar-refractivity contribution in [1.82, 2.24) is 0 Å². The summed E-state index contributed by atoms with van der Waals surface area (Å²) in [5.74, 6) is -1.60. The van der Waals surface area contributed by atoms with Crippen LogP contribution in [0.4, 0.5) is 5.69 Å². The highest BCUT2D eigenvalue weighted by molar-refractivity contribution is 7.94. The molecule has 124 valence electrons. The van der Waals surface area contributed by atoms with Gasteiger partial charge in [0.05, 0.1) is 12.2 Å². The highest BCUT2D eigenvalue weighted by Gasteiger charge is 2.26. The van der Waals surface area contributed by atoms with E-state index in [-0.39, 0.29) is 12.2 Å². The fourth-order valence-corrected chi connectivity index (χ4v) is 3.58. The molecule has 1 aliphatic rings. The van der Waals surface area contributed by atoms with E-state index in [1.807, 2.05) is 0 Å². The van der Waals surface area contributed by atoms with Gasteiger partial charge in [-0.1, -0.05) is 17.7 Å². The maximum absolute atomic E-state index is 11.9. The van der Waals surface area contributed by atoms with Crippen molar-refractivity contribution in [3.63, 3.8) is 0 Å². The maximum atomic E-state index is 11.9. The summed E-state index contributed by atoms with van der Waals surface area (Å²) in [6, 6.07) is 6.51. The normalized spacial score (nSPS) is 20.0. The number of hydrogen-bond donors (Lipinski definition) is 1. The van der Waals surface area contributed by atoms with Crippen LogP contribution in [0, 0.1) is 5.92 Å². The van der Waals surface area contributed by atoms with Crippen LogP contribution in [0.15, 0.2) is 35.7 Å². The third-order valence-electron chi connectivity index (χ3n) is 3.22. The minimum atomic E-state index is -3.21. The van der Waals surface area contributed by atoms with Crippen molar-refractivity contribution >= 4 is 39.0 Å². The van der Waals surface area contributed by atoms with E-state index in [9.17, 15) is 18.0 Å². The molecule has 2 rings (SSSR count). The number of benzene rings is 1. The SMILES string of the molecule is C[C@@H](OC(=O)C[C@@H]1C=CS(=O)(=O)C1)C(=O)Nc1ccc(Cl)cc1. The standard InChI is InChI=1S/C15H16ClNO5S/c1-10(15(19)17-13-4-2-12(16)3-5-13)22-14(18)8-11-6-7-23(20,21)9-11/h2-7,10-11H,8-9H2,1H3,(H,17,19)/t10-,11+/m1/s1. The van der Waals surface area contributed by atoms with Gasteiger partial charge in [-0.2, -0.15) is 0 Å². The molecule has 0 unspecified atom stereocenters. The Labute approximate surface area is 139 Å². The molecule has 1 aromatic rings. The lowest BCUT2D eigenvalue weighted by molar-refractivity contribution is -0.153. The molecule has 1 amide bonds. The first-order valence-corrected chi connectivity index (χ1v) is 9.01. The fraction of sp³-hybridized carbons (Fsp3) is 0.333. The second-order valence-corrected chi connectivity index (χ2v) is 7.62. The minimum Gasteiger partial charge on any atom is -0.453 e. The topological polar surface area (TPSA) is 89.5 Å². The summed E-state index contributed by atoms with van der Waals surface area (Å²) in [5.41, 5.74) is 0.534. The molecule has 6 nitrogen and oxygen atoms in total. The summed E-state index contributed by atoms with van der Waals surface area (Å²) >= 11 is 5.75. The zero-order valence-electron chi connectivity index (χ0n) is 12.4. The summed E-state index contributed by atoms with van der Waals surface area (Å²) < 4.78 is 27.6. The van der Waals surface area contributed by atoms with Crippen LogP contribution in [0.25, 0.3) is 0 Å². The zero-order valence-corrected chi connectivity index (χ0v) is 13.9. The number of rotatable bonds is 5. The molecule has 0 saturated heterocycles. The summed E-state index contributed by atoms with van der Waals surface area (Å²) in [6.07, 6.45) is 0.406. The lowest BCUT2D eigenvalue weighted by atomic mass is 10.1. The van der Waals surface area contributed by atoms with Gasteiger partial charge in [-0.25, -0.2) is 8.42 Å². The smallest absolute Gasteiger partial charge is 0.307 e. The monoisotopic (exact) mass is 357 g/mol. The van der Waals surface area contributed by atoms with Crippen LogP contribution in [-0.4, -0.2) is 32.2 Å². The number of ether oxygens (including phenoxy) is 1. The van der Waals surface area contributed by atoms with Crippen LogP contribution in [0.3, 0.4) is 0 Å². The van der Waals surface area contributed by atoms with Gasteiger partial charge in [0.15, 0.2) is 15.9 Å². The van der Waals surface area contributed by atoms with E-state index >= 15 is 0 Å². The number of carbonyl (C=O) groups is 2. The molecule has 0 aromatic heterocycles. The van der Waals surface area contributed by atoms with Crippen molar-refractivity contribution in [3.8, 4) is 0 Å². The van der Waals surface area contributed by atoms with Crippen LogP contribution in [0.1, 0.15) is 13.3 Å². The maximum Gasteiger partial charge on any atom is 0.307 e. The van der Waals surface area contributed by atoms with E-state index in [0.717, 1.165) is 5.41 Å². The van der Waals surface area contributed by atoms with Crippen molar-refractivity contribution < 1.29 is 22.7 Å². The predicted octanol–water partition coefficient (Wildman–Crippen LogP) is 2.16. The molecule has 0 spiro atoms. The molecule has 1 aliphatic heterocycles. The quantitative estimate of drug-likeness (QED) is 0.815. The highest BCUT2D eigenvalue weighted by Crippen LogP contribution is 2.19. The second-order valence-electron chi connectivity index (χ2n) is 5.25. The van der Waals surface area contributed by atoms with E-state index in [1.54, 1.807) is 24.3 Å². The fourth-order valence-electron chi connectivity index (χ4n) is 2.06. The summed E-state index contributed by atoms with van der Waals surface area (Å²) in [5, 5.41) is 4.24. The third-order valence-corrected chi connectivity index (χ3v) is 4.94. The molecule has 2 atom stereocenters. The molecule has 8 heteroatoms. The lowest BCUT2D eigenvalue weighted by Gasteiger charge is -2.14. The summed E-state index contributed by atoms with van der Waals surface area (Å²) in [6.45, 7) is 1.45. The second kappa shape index (κ2) is 7.14. The molecule has 0 aliphatic carbocycles. The van der Waals surface area contributed by atoms with Crippen LogP contribution < -0.4 is 5.32 Å². The number of carbonyl (C=O) groups excluding carboxylic acids is 2. The molecule has 1 aromatic carbocycles. The third kappa shape index (κ3) is 5.37. The van der Waals surface area contributed by atoms with Gasteiger partial charge < -0.3 is 10.1 Å². The van der Waals surface area contributed by atoms with Gasteiger partial charge in [0.1, 0.15) is 0 Å². The number of anilines is 1. The van der Waals surface area contributed by atoms with Crippen molar-refractivity contribution in [2.45, 2.75) is 19.4 Å². The Bertz CT molecular complexity index is 727. The molecule has 0 saturated carbocycles. The van der Waals surface area contributed by atoms with Gasteiger partial charge in [-0.15, -0.1) is 0 Å². The predicted molar refractivity (Wildman–Crippen MR) is 86.7 cm³/mol. The molecule has 0 fully saturated rings. The van der Waals surface area contributed by atoms with Crippen molar-refractivity contribution in [3.05, 3.63) is 40.8 Å². The van der Waals surface area contributed by atoms with E-state index in [0.29, 0.717) is 10.7 Å². The van der Waals surface area contributed by atoms with Gasteiger partial charge in [0.25, 0.3) is 5.91 Å². The van der Waals surface area contributed by atoms with Crippen molar-refractivity contribution in [1.29, 1.82) is 0 Å². The van der Waals surface area contributed by atoms with Gasteiger partial charge in [-0.05, 0) is 31.2 Å². The number of sulfone groups is 1. The molecule has 1 heterocycles. The molecular weight excluding hydrogens is 342 g/mol. The first-order valence-electron chi connectivity index (χ1n) is 6.92. The molecule has 0 bridgehead atoms. The molecule has 0 radical (unpaired) electrons. The Morgan fingerprint density at radius 1 is 1.35 bits per heavy atom. The van der Waals surface area contributed by atoms with Gasteiger partial charge in [0.2, 0.25) is 0 Å². The van der Waals surface area contributed by atoms with Crippen LogP contribution in [-0.2, 0) is 24.2 Å². The number of hydrogen-bond acceptors (Lipinski definition) is 5. The van der Waals surface area contributed by atoms with Crippen LogP contribution >= 0.6 is 11.6 Å². The van der Waals surface area contributed by atoms with Crippen LogP contribution in [0.5, 0.6) is 0 Å². The first kappa shape index (κ1) is 17.5. The summed E-state index contributed by atoms with van der Waals surface area (Å²) in [4.78, 5) is 23.7. The highest BCUT2D eigenvalue weighted by atomic mass is 35.5. The number of halogens is 1. The van der Waals surface area contributed by atoms with Crippen molar-refractivity contribution in [2.24, 2.45) is 5.92 Å². The Balaban J connectivity index is 1.82. The first-order chi connectivity index (χ1) is 10.7. The average molecular weight is 358 g/mol. The van der Waals surface area contributed by atoms with Gasteiger partial charge in [-0.3, -0.25) is 9.59 Å². The van der Waals surface area contributed by atoms with E-state index in [2.05, 4.69) is 5.32 Å². The van der Waals surface area contributed by atoms with Gasteiger partial charge in [0, 0.05) is 22.0 Å². The number of esters is 1. The Kier molecular flexibility index (Phi) is 5.43. The van der Waals surface area contributed by atoms with Crippen molar-refractivity contribution in [2.75, 3.05) is 11.1 Å². The molecular formula is C15H16ClNO5S. The largest absolute Gasteiger partial charge is 0.453 e.